The van der Waals surface area contributed by atoms with E-state index in [1.165, 1.54) is 11.1 Å². The van der Waals surface area contributed by atoms with Crippen molar-refractivity contribution >= 4 is 17.8 Å². The van der Waals surface area contributed by atoms with E-state index in [2.05, 4.69) is 48.5 Å². The molecule has 0 aromatic heterocycles. The highest BCUT2D eigenvalue weighted by molar-refractivity contribution is 5.89. The molecule has 2 aromatic rings. The van der Waals surface area contributed by atoms with Gasteiger partial charge in [0.25, 0.3) is 0 Å². The zero-order valence-corrected chi connectivity index (χ0v) is 15.9. The fourth-order valence-corrected chi connectivity index (χ4v) is 3.43. The van der Waals surface area contributed by atoms with Crippen LogP contribution in [0.5, 0.6) is 0 Å². The Morgan fingerprint density at radius 1 is 0.931 bits per heavy atom. The third-order valence-electron chi connectivity index (χ3n) is 4.82. The summed E-state index contributed by atoms with van der Waals surface area (Å²) in [5, 5.41) is 15.6. The molecule has 0 unspecified atom stereocenters. The van der Waals surface area contributed by atoms with Crippen LogP contribution in [0.4, 0.5) is 0 Å². The van der Waals surface area contributed by atoms with Crippen LogP contribution in [0, 0.1) is 0 Å². The van der Waals surface area contributed by atoms with Crippen LogP contribution in [0.2, 0.25) is 0 Å². The van der Waals surface area contributed by atoms with Crippen molar-refractivity contribution in [3.8, 4) is 0 Å². The number of nitrogens with two attached hydrogens (primary N) is 1. The predicted octanol–water partition coefficient (Wildman–Crippen LogP) is 2.22. The average Bonchev–Trinajstić information content (AvgIpc) is 2.74. The number of piperidine rings is 1. The van der Waals surface area contributed by atoms with Crippen LogP contribution >= 0.6 is 0 Å². The zero-order chi connectivity index (χ0) is 21.3. The first kappa shape index (κ1) is 21.8. The number of aliphatic carboxylic acids is 2. The monoisotopic (exact) mass is 396 g/mol. The van der Waals surface area contributed by atoms with E-state index in [4.69, 9.17) is 15.9 Å². The molecule has 7 nitrogen and oxygen atoms in total. The average molecular weight is 396 g/mol. The Balaban J connectivity index is 0.000000321. The highest BCUT2D eigenvalue weighted by Crippen LogP contribution is 2.40. The van der Waals surface area contributed by atoms with E-state index in [1.54, 1.807) is 4.90 Å². The van der Waals surface area contributed by atoms with Crippen molar-refractivity contribution in [2.45, 2.75) is 18.3 Å². The molecule has 0 bridgehead atoms. The Kier molecular flexibility index (Phi) is 7.68. The topological polar surface area (TPSA) is 121 Å². The number of rotatable bonds is 5. The standard InChI is InChI=1S/C18H20N2O.C4H4O4/c19-14-20-13-18(12-11-17(20)21,15-7-3-1-4-8-15)16-9-5-2-6-10-16;5-3(6)1-2-4(7)8/h1-10H,11-14,19H2;1-2H,(H,5,6)(H,7,8)/b;2-1-. The Hall–Kier alpha value is -3.45. The van der Waals surface area contributed by atoms with E-state index in [9.17, 15) is 14.4 Å². The lowest BCUT2D eigenvalue weighted by molar-refractivity contribution is -0.135. The van der Waals surface area contributed by atoms with Gasteiger partial charge in [0.15, 0.2) is 0 Å². The van der Waals surface area contributed by atoms with Gasteiger partial charge in [0.1, 0.15) is 0 Å². The highest BCUT2D eigenvalue weighted by Gasteiger charge is 2.40. The van der Waals surface area contributed by atoms with Gasteiger partial charge in [-0.15, -0.1) is 0 Å². The van der Waals surface area contributed by atoms with Crippen molar-refractivity contribution in [3.05, 3.63) is 83.9 Å². The molecule has 152 valence electrons. The molecule has 7 heteroatoms. The lowest BCUT2D eigenvalue weighted by atomic mass is 9.69. The highest BCUT2D eigenvalue weighted by atomic mass is 16.4. The number of carboxylic acids is 2. The Labute approximate surface area is 169 Å². The summed E-state index contributed by atoms with van der Waals surface area (Å²) in [6.07, 6.45) is 2.49. The molecule has 1 aliphatic rings. The largest absolute Gasteiger partial charge is 0.478 e. The number of amides is 1. The predicted molar refractivity (Wildman–Crippen MR) is 108 cm³/mol. The number of carbonyl (C=O) groups excluding carboxylic acids is 1. The van der Waals surface area contributed by atoms with Crippen LogP contribution in [0.25, 0.3) is 0 Å². The van der Waals surface area contributed by atoms with Gasteiger partial charge in [-0.2, -0.15) is 0 Å². The maximum Gasteiger partial charge on any atom is 0.328 e. The molecule has 0 radical (unpaired) electrons. The first-order chi connectivity index (χ1) is 13.9. The fraction of sp³-hybridized carbons (Fsp3) is 0.227. The molecule has 1 aliphatic heterocycles. The van der Waals surface area contributed by atoms with Crippen LogP contribution in [-0.2, 0) is 19.8 Å². The summed E-state index contributed by atoms with van der Waals surface area (Å²) in [5.74, 6) is -2.36. The molecule has 4 N–H and O–H groups in total. The van der Waals surface area contributed by atoms with Gasteiger partial charge >= 0.3 is 11.9 Å². The van der Waals surface area contributed by atoms with Crippen LogP contribution in [0.1, 0.15) is 24.0 Å². The molecule has 0 aliphatic carbocycles. The maximum atomic E-state index is 12.0. The lowest BCUT2D eigenvalue weighted by Crippen LogP contribution is -2.51. The SMILES string of the molecule is NCN1CC(c2ccccc2)(c2ccccc2)CCC1=O.O=C(O)/C=C\C(=O)O. The van der Waals surface area contributed by atoms with E-state index >= 15 is 0 Å². The maximum absolute atomic E-state index is 12.0. The molecular formula is C22H24N2O5. The number of hydrogen-bond donors (Lipinski definition) is 3. The number of carboxylic acid groups (broad SMARTS) is 2. The second-order valence-electron chi connectivity index (χ2n) is 6.60. The lowest BCUT2D eigenvalue weighted by Gasteiger charge is -2.43. The van der Waals surface area contributed by atoms with Gasteiger partial charge < -0.3 is 20.8 Å². The number of carbonyl (C=O) groups is 3. The first-order valence-electron chi connectivity index (χ1n) is 9.12. The number of nitrogens with zero attached hydrogens (tertiary/aromatic N) is 1. The summed E-state index contributed by atoms with van der Waals surface area (Å²) >= 11 is 0. The summed E-state index contributed by atoms with van der Waals surface area (Å²) < 4.78 is 0. The molecule has 1 heterocycles. The van der Waals surface area contributed by atoms with Gasteiger partial charge in [0.2, 0.25) is 5.91 Å². The van der Waals surface area contributed by atoms with Crippen LogP contribution in [0.3, 0.4) is 0 Å². The van der Waals surface area contributed by atoms with Gasteiger partial charge in [-0.05, 0) is 17.5 Å². The number of hydrogen-bond acceptors (Lipinski definition) is 4. The molecule has 1 fully saturated rings. The minimum Gasteiger partial charge on any atom is -0.478 e. The second-order valence-corrected chi connectivity index (χ2v) is 6.60. The normalized spacial score (nSPS) is 15.5. The van der Waals surface area contributed by atoms with Gasteiger partial charge in [0, 0.05) is 30.5 Å². The fourth-order valence-electron chi connectivity index (χ4n) is 3.43. The van der Waals surface area contributed by atoms with E-state index in [0.29, 0.717) is 25.1 Å². The minimum absolute atomic E-state index is 0.153. The molecule has 1 saturated heterocycles. The minimum atomic E-state index is -1.26. The molecule has 2 aromatic carbocycles. The number of benzene rings is 2. The van der Waals surface area contributed by atoms with Crippen LogP contribution in [0.15, 0.2) is 72.8 Å². The Morgan fingerprint density at radius 2 is 1.38 bits per heavy atom. The van der Waals surface area contributed by atoms with E-state index in [-0.39, 0.29) is 18.0 Å². The Morgan fingerprint density at radius 3 is 1.76 bits per heavy atom. The molecule has 1 amide bonds. The first-order valence-corrected chi connectivity index (χ1v) is 9.12. The molecule has 3 rings (SSSR count). The van der Waals surface area contributed by atoms with Gasteiger partial charge in [-0.25, -0.2) is 9.59 Å². The second kappa shape index (κ2) is 10.2. The van der Waals surface area contributed by atoms with E-state index in [0.717, 1.165) is 6.42 Å². The van der Waals surface area contributed by atoms with Crippen molar-refractivity contribution < 1.29 is 24.6 Å². The molecule has 29 heavy (non-hydrogen) atoms. The van der Waals surface area contributed by atoms with Crippen molar-refractivity contribution in [3.63, 3.8) is 0 Å². The van der Waals surface area contributed by atoms with Crippen molar-refractivity contribution in [2.75, 3.05) is 13.2 Å². The summed E-state index contributed by atoms with van der Waals surface area (Å²) in [7, 11) is 0. The van der Waals surface area contributed by atoms with E-state index in [1.807, 2.05) is 12.1 Å². The zero-order valence-electron chi connectivity index (χ0n) is 15.9. The molecule has 0 saturated carbocycles. The van der Waals surface area contributed by atoms with Crippen LogP contribution < -0.4 is 5.73 Å². The third-order valence-corrected chi connectivity index (χ3v) is 4.82. The molecular weight excluding hydrogens is 372 g/mol. The van der Waals surface area contributed by atoms with Gasteiger partial charge in [-0.1, -0.05) is 60.7 Å². The van der Waals surface area contributed by atoms with Gasteiger partial charge in [-0.3, -0.25) is 4.79 Å². The molecule has 0 atom stereocenters. The quantitative estimate of drug-likeness (QED) is 0.667. The van der Waals surface area contributed by atoms with Crippen LogP contribution in [-0.4, -0.2) is 46.2 Å². The smallest absolute Gasteiger partial charge is 0.328 e. The Bertz CT molecular complexity index is 810. The summed E-state index contributed by atoms with van der Waals surface area (Å²) in [6, 6.07) is 20.9. The van der Waals surface area contributed by atoms with Gasteiger partial charge in [0.05, 0.1) is 6.67 Å². The third kappa shape index (κ3) is 5.76. The number of likely N-dealkylation sites (tertiary alicyclic amines) is 1. The van der Waals surface area contributed by atoms with E-state index < -0.39 is 11.9 Å². The van der Waals surface area contributed by atoms with Crippen molar-refractivity contribution in [1.29, 1.82) is 0 Å². The van der Waals surface area contributed by atoms with Crippen molar-refractivity contribution in [2.24, 2.45) is 5.73 Å². The van der Waals surface area contributed by atoms with Crippen molar-refractivity contribution in [1.82, 2.24) is 4.90 Å². The summed E-state index contributed by atoms with van der Waals surface area (Å²) in [5.41, 5.74) is 8.12. The summed E-state index contributed by atoms with van der Waals surface area (Å²) in [4.78, 5) is 32.9. The summed E-state index contributed by atoms with van der Waals surface area (Å²) in [6.45, 7) is 0.927. The molecule has 0 spiro atoms.